The van der Waals surface area contributed by atoms with Gasteiger partial charge < -0.3 is 9.47 Å². The van der Waals surface area contributed by atoms with E-state index in [1.54, 1.807) is 19.1 Å². The average Bonchev–Trinajstić information content (AvgIpc) is 3.10. The molecule has 134 valence electrons. The Kier molecular flexibility index (Phi) is 5.51. The molecule has 1 saturated heterocycles. The highest BCUT2D eigenvalue weighted by atomic mass is 19.1. The highest BCUT2D eigenvalue weighted by molar-refractivity contribution is 5.94. The summed E-state index contributed by atoms with van der Waals surface area (Å²) < 4.78 is 15.7. The number of unbranched alkanes of at least 4 members (excludes halogenated alkanes) is 1. The van der Waals surface area contributed by atoms with E-state index in [4.69, 9.17) is 0 Å². The van der Waals surface area contributed by atoms with Crippen LogP contribution in [0.5, 0.6) is 0 Å². The molecule has 1 unspecified atom stereocenters. The van der Waals surface area contributed by atoms with E-state index in [1.807, 2.05) is 17.3 Å². The van der Waals surface area contributed by atoms with Crippen molar-refractivity contribution in [1.29, 1.82) is 0 Å². The van der Waals surface area contributed by atoms with Crippen LogP contribution in [0.4, 0.5) is 4.39 Å². The van der Waals surface area contributed by atoms with Gasteiger partial charge in [0.15, 0.2) is 0 Å². The Morgan fingerprint density at radius 1 is 1.40 bits per heavy atom. The third kappa shape index (κ3) is 3.91. The number of benzene rings is 1. The number of imidazole rings is 1. The van der Waals surface area contributed by atoms with Crippen LogP contribution >= 0.6 is 0 Å². The van der Waals surface area contributed by atoms with Crippen molar-refractivity contribution >= 4 is 5.91 Å². The number of aryl methyl sites for hydroxylation is 2. The fraction of sp³-hybridized carbons (Fsp3) is 0.500. The second kappa shape index (κ2) is 7.81. The SMILES string of the molecule is CCCCn1ccnc1C1CCCN(C(=O)c2ccc(F)c(C)c2)C1. The van der Waals surface area contributed by atoms with Gasteiger partial charge in [-0.25, -0.2) is 9.37 Å². The standard InChI is InChI=1S/C20H26FN3O/c1-3-4-10-23-12-9-22-19(23)17-6-5-11-24(14-17)20(25)16-7-8-18(21)15(2)13-16/h7-9,12-13,17H,3-6,10-11,14H2,1-2H3. The molecule has 0 bridgehead atoms. The number of hydrogen-bond donors (Lipinski definition) is 0. The first kappa shape index (κ1) is 17.6. The van der Waals surface area contributed by atoms with Gasteiger partial charge in [0.2, 0.25) is 0 Å². The molecule has 0 N–H and O–H groups in total. The normalized spacial score (nSPS) is 17.7. The number of rotatable bonds is 5. The van der Waals surface area contributed by atoms with Crippen LogP contribution < -0.4 is 0 Å². The van der Waals surface area contributed by atoms with Crippen LogP contribution in [0.25, 0.3) is 0 Å². The summed E-state index contributed by atoms with van der Waals surface area (Å²) in [7, 11) is 0. The summed E-state index contributed by atoms with van der Waals surface area (Å²) in [6, 6.07) is 4.60. The zero-order valence-electron chi connectivity index (χ0n) is 15.0. The quantitative estimate of drug-likeness (QED) is 0.818. The first-order valence-corrected chi connectivity index (χ1v) is 9.16. The number of amides is 1. The van der Waals surface area contributed by atoms with Crippen molar-refractivity contribution in [1.82, 2.24) is 14.5 Å². The minimum Gasteiger partial charge on any atom is -0.338 e. The predicted octanol–water partition coefficient (Wildman–Crippen LogP) is 4.15. The summed E-state index contributed by atoms with van der Waals surface area (Å²) >= 11 is 0. The van der Waals surface area contributed by atoms with Crippen molar-refractivity contribution in [3.05, 3.63) is 53.4 Å². The number of carbonyl (C=O) groups excluding carboxylic acids is 1. The third-order valence-corrected chi connectivity index (χ3v) is 4.98. The molecule has 2 aromatic rings. The number of likely N-dealkylation sites (tertiary alicyclic amines) is 1. The van der Waals surface area contributed by atoms with Gasteiger partial charge in [0.1, 0.15) is 11.6 Å². The van der Waals surface area contributed by atoms with Gasteiger partial charge in [-0.1, -0.05) is 13.3 Å². The largest absolute Gasteiger partial charge is 0.338 e. The lowest BCUT2D eigenvalue weighted by molar-refractivity contribution is 0.0703. The lowest BCUT2D eigenvalue weighted by Crippen LogP contribution is -2.39. The fourth-order valence-electron chi connectivity index (χ4n) is 3.53. The molecule has 0 spiro atoms. The van der Waals surface area contributed by atoms with Crippen LogP contribution in [0.3, 0.4) is 0 Å². The molecular formula is C20H26FN3O. The molecule has 0 saturated carbocycles. The fourth-order valence-corrected chi connectivity index (χ4v) is 3.53. The second-order valence-corrected chi connectivity index (χ2v) is 6.89. The number of hydrogen-bond acceptors (Lipinski definition) is 2. The number of piperidine rings is 1. The summed E-state index contributed by atoms with van der Waals surface area (Å²) in [6.45, 7) is 6.28. The van der Waals surface area contributed by atoms with Gasteiger partial charge in [-0.2, -0.15) is 0 Å². The van der Waals surface area contributed by atoms with Gasteiger partial charge in [0.25, 0.3) is 5.91 Å². The lowest BCUT2D eigenvalue weighted by atomic mass is 9.96. The van der Waals surface area contributed by atoms with Crippen molar-refractivity contribution in [2.75, 3.05) is 13.1 Å². The van der Waals surface area contributed by atoms with E-state index >= 15 is 0 Å². The van der Waals surface area contributed by atoms with Crippen molar-refractivity contribution < 1.29 is 9.18 Å². The van der Waals surface area contributed by atoms with E-state index in [2.05, 4.69) is 16.5 Å². The van der Waals surface area contributed by atoms with Crippen molar-refractivity contribution in [2.45, 2.75) is 52.0 Å². The molecular weight excluding hydrogens is 317 g/mol. The number of nitrogens with zero attached hydrogens (tertiary/aromatic N) is 3. The average molecular weight is 343 g/mol. The van der Waals surface area contributed by atoms with Gasteiger partial charge in [-0.05, 0) is 49.9 Å². The minimum atomic E-state index is -0.272. The summed E-state index contributed by atoms with van der Waals surface area (Å²) in [5, 5.41) is 0. The Balaban J connectivity index is 1.73. The molecule has 1 aromatic carbocycles. The van der Waals surface area contributed by atoms with E-state index < -0.39 is 0 Å². The van der Waals surface area contributed by atoms with Crippen molar-refractivity contribution in [3.63, 3.8) is 0 Å². The Labute approximate surface area is 148 Å². The van der Waals surface area contributed by atoms with Crippen molar-refractivity contribution in [3.8, 4) is 0 Å². The molecule has 2 heterocycles. The molecule has 1 aliphatic rings. The molecule has 1 fully saturated rings. The van der Waals surface area contributed by atoms with Gasteiger partial charge in [-0.3, -0.25) is 4.79 Å². The maximum atomic E-state index is 13.5. The minimum absolute atomic E-state index is 0.0144. The Hall–Kier alpha value is -2.17. The van der Waals surface area contributed by atoms with E-state index in [1.165, 1.54) is 6.07 Å². The molecule has 1 aliphatic heterocycles. The molecule has 5 heteroatoms. The number of carbonyl (C=O) groups is 1. The molecule has 4 nitrogen and oxygen atoms in total. The molecule has 1 aromatic heterocycles. The summed E-state index contributed by atoms with van der Waals surface area (Å²) in [6.07, 6.45) is 8.20. The van der Waals surface area contributed by atoms with Gasteiger partial charge in [0, 0.05) is 43.5 Å². The zero-order chi connectivity index (χ0) is 17.8. The monoisotopic (exact) mass is 343 g/mol. The number of aromatic nitrogens is 2. The van der Waals surface area contributed by atoms with Crippen LogP contribution in [-0.4, -0.2) is 33.4 Å². The third-order valence-electron chi connectivity index (χ3n) is 4.98. The maximum Gasteiger partial charge on any atom is 0.253 e. The topological polar surface area (TPSA) is 38.1 Å². The Morgan fingerprint density at radius 3 is 3.00 bits per heavy atom. The maximum absolute atomic E-state index is 13.5. The highest BCUT2D eigenvalue weighted by Gasteiger charge is 2.28. The Morgan fingerprint density at radius 2 is 2.24 bits per heavy atom. The van der Waals surface area contributed by atoms with Gasteiger partial charge in [-0.15, -0.1) is 0 Å². The van der Waals surface area contributed by atoms with Crippen LogP contribution in [0.15, 0.2) is 30.6 Å². The van der Waals surface area contributed by atoms with Crippen LogP contribution in [-0.2, 0) is 6.54 Å². The molecule has 25 heavy (non-hydrogen) atoms. The Bertz CT molecular complexity index is 740. The molecule has 1 atom stereocenters. The summed E-state index contributed by atoms with van der Waals surface area (Å²) in [5.74, 6) is 1.07. The first-order chi connectivity index (χ1) is 12.1. The predicted molar refractivity (Wildman–Crippen MR) is 96.2 cm³/mol. The van der Waals surface area contributed by atoms with Gasteiger partial charge in [0.05, 0.1) is 0 Å². The first-order valence-electron chi connectivity index (χ1n) is 9.16. The summed E-state index contributed by atoms with van der Waals surface area (Å²) in [4.78, 5) is 19.3. The lowest BCUT2D eigenvalue weighted by Gasteiger charge is -2.33. The van der Waals surface area contributed by atoms with E-state index in [0.29, 0.717) is 17.7 Å². The van der Waals surface area contributed by atoms with E-state index in [-0.39, 0.29) is 17.6 Å². The smallest absolute Gasteiger partial charge is 0.253 e. The van der Waals surface area contributed by atoms with Gasteiger partial charge >= 0.3 is 0 Å². The number of halogens is 1. The van der Waals surface area contributed by atoms with E-state index in [0.717, 1.165) is 44.6 Å². The summed E-state index contributed by atoms with van der Waals surface area (Å²) in [5.41, 5.74) is 1.07. The molecule has 1 amide bonds. The van der Waals surface area contributed by atoms with Crippen LogP contribution in [0.2, 0.25) is 0 Å². The second-order valence-electron chi connectivity index (χ2n) is 6.89. The zero-order valence-corrected chi connectivity index (χ0v) is 15.0. The molecule has 3 rings (SSSR count). The van der Waals surface area contributed by atoms with Crippen LogP contribution in [0, 0.1) is 12.7 Å². The molecule has 0 aliphatic carbocycles. The van der Waals surface area contributed by atoms with Crippen molar-refractivity contribution in [2.24, 2.45) is 0 Å². The molecule has 0 radical (unpaired) electrons. The van der Waals surface area contributed by atoms with Crippen LogP contribution in [0.1, 0.15) is 60.3 Å². The highest BCUT2D eigenvalue weighted by Crippen LogP contribution is 2.27. The van der Waals surface area contributed by atoms with E-state index in [9.17, 15) is 9.18 Å².